The summed E-state index contributed by atoms with van der Waals surface area (Å²) in [7, 11) is 0. The van der Waals surface area contributed by atoms with Gasteiger partial charge in [-0.25, -0.2) is 0 Å². The topological polar surface area (TPSA) is 0 Å². The molecule has 0 aliphatic carbocycles. The van der Waals surface area contributed by atoms with E-state index >= 15 is 0 Å². The van der Waals surface area contributed by atoms with Crippen LogP contribution < -0.4 is 0 Å². The Bertz CT molecular complexity index is 50.5. The standard InChI is InChI=1S/C5H11.C3H7.Mg/c1-3-5-4-2;1-3-2;/h1,3-5H2,2H3;3H,1-2H3;. The number of unbranched alkanes of at least 4 members (excludes halogenated alkanes) is 2. The summed E-state index contributed by atoms with van der Waals surface area (Å²) in [5.41, 5.74) is 0. The third-order valence-electron chi connectivity index (χ3n) is 1.64. The second-order valence-corrected chi connectivity index (χ2v) is 6.16. The van der Waals surface area contributed by atoms with Crippen LogP contribution in [0.25, 0.3) is 0 Å². The maximum atomic E-state index is 2.36. The van der Waals surface area contributed by atoms with Gasteiger partial charge in [0.1, 0.15) is 0 Å². The Morgan fingerprint density at radius 1 is 1.22 bits per heavy atom. The summed E-state index contributed by atoms with van der Waals surface area (Å²) in [6.07, 6.45) is 4.34. The normalized spacial score (nSPS) is 9.78. The van der Waals surface area contributed by atoms with Crippen molar-refractivity contribution in [2.75, 3.05) is 0 Å². The lowest BCUT2D eigenvalue weighted by Crippen LogP contribution is -1.93. The summed E-state index contributed by atoms with van der Waals surface area (Å²) in [6.45, 7) is 6.99. The molecular formula is C8H18Mg. The molecule has 0 bridgehead atoms. The van der Waals surface area contributed by atoms with Crippen LogP contribution >= 0.6 is 0 Å². The van der Waals surface area contributed by atoms with Gasteiger partial charge in [0.15, 0.2) is 0 Å². The number of hydrogen-bond acceptors (Lipinski definition) is 0. The third-order valence-corrected chi connectivity index (χ3v) is 3.70. The molecule has 0 saturated carbocycles. The van der Waals surface area contributed by atoms with Gasteiger partial charge in [0, 0.05) is 0 Å². The van der Waals surface area contributed by atoms with Gasteiger partial charge in [0.05, 0.1) is 0 Å². The summed E-state index contributed by atoms with van der Waals surface area (Å²) in [5.74, 6) is 0. The van der Waals surface area contributed by atoms with Gasteiger partial charge < -0.3 is 0 Å². The summed E-state index contributed by atoms with van der Waals surface area (Å²) < 4.78 is 2.62. The maximum absolute atomic E-state index is 2.36. The van der Waals surface area contributed by atoms with Crippen LogP contribution in [0.5, 0.6) is 0 Å². The van der Waals surface area contributed by atoms with E-state index in [4.69, 9.17) is 0 Å². The van der Waals surface area contributed by atoms with Gasteiger partial charge in [-0.3, -0.25) is 0 Å². The van der Waals surface area contributed by atoms with Crippen LogP contribution in [-0.2, 0) is 0 Å². The number of rotatable bonds is 5. The molecule has 0 atom stereocenters. The van der Waals surface area contributed by atoms with Crippen molar-refractivity contribution < 1.29 is 0 Å². The Hall–Kier alpha value is 0.766. The molecule has 0 radical (unpaired) electrons. The van der Waals surface area contributed by atoms with E-state index in [1.165, 1.54) is 19.3 Å². The van der Waals surface area contributed by atoms with Gasteiger partial charge in [-0.1, -0.05) is 40.0 Å². The Labute approximate surface area is 69.1 Å². The Kier molecular flexibility index (Phi) is 7.47. The maximum Gasteiger partial charge on any atom is 0.367 e. The van der Waals surface area contributed by atoms with Crippen LogP contribution in [0.4, 0.5) is 0 Å². The van der Waals surface area contributed by atoms with Crippen molar-refractivity contribution in [2.45, 2.75) is 48.6 Å². The Morgan fingerprint density at radius 2 is 1.89 bits per heavy atom. The zero-order valence-corrected chi connectivity index (χ0v) is 8.53. The van der Waals surface area contributed by atoms with E-state index in [0.29, 0.717) is 20.4 Å². The lowest BCUT2D eigenvalue weighted by atomic mass is 10.3. The Balaban J connectivity index is 2.75. The van der Waals surface area contributed by atoms with E-state index in [1.54, 1.807) is 4.55 Å². The highest BCUT2D eigenvalue weighted by Crippen LogP contribution is 2.05. The number of hydrogen-bond donors (Lipinski definition) is 0. The fourth-order valence-corrected chi connectivity index (χ4v) is 2.44. The summed E-state index contributed by atoms with van der Waals surface area (Å²) in [4.78, 5) is 0. The minimum Gasteiger partial charge on any atom is -0.145 e. The minimum absolute atomic E-state index is 0.326. The molecule has 0 amide bonds. The van der Waals surface area contributed by atoms with Gasteiger partial charge in [0.25, 0.3) is 0 Å². The van der Waals surface area contributed by atoms with Crippen molar-refractivity contribution in [2.24, 2.45) is 0 Å². The van der Waals surface area contributed by atoms with E-state index in [0.717, 1.165) is 4.05 Å². The summed E-state index contributed by atoms with van der Waals surface area (Å²) in [5, 5.41) is 0. The molecule has 0 N–H and O–H groups in total. The van der Waals surface area contributed by atoms with Crippen molar-refractivity contribution >= 4 is 20.4 Å². The molecule has 0 rings (SSSR count). The predicted molar refractivity (Wildman–Crippen MR) is 45.2 cm³/mol. The van der Waals surface area contributed by atoms with Crippen molar-refractivity contribution in [3.05, 3.63) is 0 Å². The van der Waals surface area contributed by atoms with E-state index in [2.05, 4.69) is 20.8 Å². The fraction of sp³-hybridized carbons (Fsp3) is 1.00. The zero-order valence-electron chi connectivity index (χ0n) is 7.11. The van der Waals surface area contributed by atoms with Crippen molar-refractivity contribution in [3.63, 3.8) is 0 Å². The van der Waals surface area contributed by atoms with E-state index in [1.807, 2.05) is 0 Å². The van der Waals surface area contributed by atoms with Crippen LogP contribution in [0.1, 0.15) is 40.0 Å². The molecule has 0 aliphatic rings. The first-order valence-electron chi connectivity index (χ1n) is 4.27. The van der Waals surface area contributed by atoms with E-state index < -0.39 is 0 Å². The van der Waals surface area contributed by atoms with Crippen molar-refractivity contribution in [3.8, 4) is 0 Å². The summed E-state index contributed by atoms with van der Waals surface area (Å²) >= 11 is 0.326. The quantitative estimate of drug-likeness (QED) is 0.405. The van der Waals surface area contributed by atoms with E-state index in [9.17, 15) is 0 Å². The molecule has 52 valence electrons. The molecule has 0 heterocycles. The molecule has 0 unspecified atom stereocenters. The van der Waals surface area contributed by atoms with Crippen LogP contribution in [0.15, 0.2) is 0 Å². The molecule has 0 fully saturated rings. The first kappa shape index (κ1) is 9.77. The second-order valence-electron chi connectivity index (χ2n) is 3.24. The van der Waals surface area contributed by atoms with Gasteiger partial charge in [-0.05, 0) is 0 Å². The average molecular weight is 139 g/mol. The smallest absolute Gasteiger partial charge is 0.145 e. The monoisotopic (exact) mass is 138 g/mol. The highest BCUT2D eigenvalue weighted by molar-refractivity contribution is 6.37. The molecule has 0 aromatic heterocycles. The van der Waals surface area contributed by atoms with Gasteiger partial charge in [0.2, 0.25) is 0 Å². The minimum atomic E-state index is 0.326. The average Bonchev–Trinajstić information content (AvgIpc) is 1.80. The fourth-order valence-electron chi connectivity index (χ4n) is 0.979. The van der Waals surface area contributed by atoms with Gasteiger partial charge >= 0.3 is 20.4 Å². The highest BCUT2D eigenvalue weighted by Gasteiger charge is 1.98. The van der Waals surface area contributed by atoms with Gasteiger partial charge in [-0.2, -0.15) is 0 Å². The molecule has 0 spiro atoms. The SMILES string of the molecule is CCCC[CH2][Mg][CH](C)C. The predicted octanol–water partition coefficient (Wildman–Crippen LogP) is 3.13. The van der Waals surface area contributed by atoms with Crippen LogP contribution in [-0.4, -0.2) is 20.4 Å². The molecule has 9 heavy (non-hydrogen) atoms. The third kappa shape index (κ3) is 8.77. The molecule has 1 heteroatoms. The lowest BCUT2D eigenvalue weighted by Gasteiger charge is -1.98. The zero-order chi connectivity index (χ0) is 7.11. The first-order valence-corrected chi connectivity index (χ1v) is 6.09. The summed E-state index contributed by atoms with van der Waals surface area (Å²) in [6, 6.07) is 0. The molecule has 0 aliphatic heterocycles. The van der Waals surface area contributed by atoms with Crippen LogP contribution in [0.2, 0.25) is 8.60 Å². The Morgan fingerprint density at radius 3 is 2.33 bits per heavy atom. The molecular weight excluding hydrogens is 120 g/mol. The first-order chi connectivity index (χ1) is 4.27. The molecule has 0 aromatic carbocycles. The lowest BCUT2D eigenvalue weighted by molar-refractivity contribution is 0.765. The molecule has 0 nitrogen and oxygen atoms in total. The molecule has 0 saturated heterocycles. The van der Waals surface area contributed by atoms with Crippen molar-refractivity contribution in [1.29, 1.82) is 0 Å². The van der Waals surface area contributed by atoms with Gasteiger partial charge in [-0.15, -0.1) is 8.60 Å². The van der Waals surface area contributed by atoms with E-state index in [-0.39, 0.29) is 0 Å². The largest absolute Gasteiger partial charge is 0.367 e. The highest BCUT2D eigenvalue weighted by atomic mass is 24.5. The molecule has 0 aromatic rings. The van der Waals surface area contributed by atoms with Crippen LogP contribution in [0, 0.1) is 0 Å². The van der Waals surface area contributed by atoms with Crippen molar-refractivity contribution in [1.82, 2.24) is 0 Å². The van der Waals surface area contributed by atoms with Crippen LogP contribution in [0.3, 0.4) is 0 Å². The second kappa shape index (κ2) is 6.88.